The fraction of sp³-hybridized carbons (Fsp3) is 0.200. The highest BCUT2D eigenvalue weighted by Gasteiger charge is 2.51. The number of ether oxygens (including phenoxy) is 1. The van der Waals surface area contributed by atoms with Gasteiger partial charge in [0, 0.05) is 11.1 Å². The highest BCUT2D eigenvalue weighted by atomic mass is 32.2. The van der Waals surface area contributed by atoms with Crippen molar-refractivity contribution in [3.05, 3.63) is 89.5 Å². The lowest BCUT2D eigenvalue weighted by Crippen LogP contribution is -2.47. The lowest BCUT2D eigenvalue weighted by molar-refractivity contribution is -0.0148. The van der Waals surface area contributed by atoms with E-state index < -0.39 is 5.72 Å². The van der Waals surface area contributed by atoms with Gasteiger partial charge >= 0.3 is 0 Å². The molecule has 0 saturated heterocycles. The summed E-state index contributed by atoms with van der Waals surface area (Å²) >= 11 is 1.64. The number of anilines is 1. The van der Waals surface area contributed by atoms with E-state index in [0.29, 0.717) is 6.42 Å². The maximum atomic E-state index is 6.35. The van der Waals surface area contributed by atoms with Crippen molar-refractivity contribution in [3.8, 4) is 5.75 Å². The van der Waals surface area contributed by atoms with Gasteiger partial charge in [-0.1, -0.05) is 47.1 Å². The maximum Gasteiger partial charge on any atom is 0.247 e. The minimum absolute atomic E-state index is 0.577. The van der Waals surface area contributed by atoms with Crippen LogP contribution in [0.3, 0.4) is 0 Å². The molecule has 0 N–H and O–H groups in total. The summed E-state index contributed by atoms with van der Waals surface area (Å²) in [4.78, 5) is 13.5. The van der Waals surface area contributed by atoms with Gasteiger partial charge in [-0.05, 0) is 49.6 Å². The van der Waals surface area contributed by atoms with Gasteiger partial charge < -0.3 is 9.57 Å². The molecule has 1 atom stereocenters. The minimum Gasteiger partial charge on any atom is -0.497 e. The molecule has 1 unspecified atom stereocenters. The van der Waals surface area contributed by atoms with Crippen molar-refractivity contribution in [2.45, 2.75) is 19.1 Å². The quantitative estimate of drug-likeness (QED) is 0.524. The van der Waals surface area contributed by atoms with Crippen molar-refractivity contribution in [1.82, 2.24) is 0 Å². The van der Waals surface area contributed by atoms with Gasteiger partial charge in [-0.25, -0.2) is 4.99 Å². The largest absolute Gasteiger partial charge is 0.497 e. The van der Waals surface area contributed by atoms with E-state index >= 15 is 0 Å². The molecule has 3 aromatic rings. The molecule has 0 bridgehead atoms. The van der Waals surface area contributed by atoms with Gasteiger partial charge in [0.15, 0.2) is 5.84 Å². The Kier molecular flexibility index (Phi) is 4.94. The first kappa shape index (κ1) is 19.7. The average molecular weight is 430 g/mol. The van der Waals surface area contributed by atoms with Gasteiger partial charge in [-0.15, -0.1) is 11.8 Å². The number of methoxy groups -OCH3 is 1. The van der Waals surface area contributed by atoms with Crippen LogP contribution in [0.25, 0.3) is 0 Å². The number of aliphatic imine (C=N–C) groups is 1. The summed E-state index contributed by atoms with van der Waals surface area (Å²) in [7, 11) is 1.67. The summed E-state index contributed by atoms with van der Waals surface area (Å²) in [5, 5.41) is 5.62. The third-order valence-corrected chi connectivity index (χ3v) is 6.41. The molecule has 0 fully saturated rings. The van der Waals surface area contributed by atoms with Gasteiger partial charge in [0.1, 0.15) is 5.75 Å². The summed E-state index contributed by atoms with van der Waals surface area (Å²) in [6.45, 7) is 2.08. The van der Waals surface area contributed by atoms with Gasteiger partial charge in [-0.2, -0.15) is 0 Å². The lowest BCUT2D eigenvalue weighted by atomic mass is 9.96. The molecule has 2 aliphatic heterocycles. The molecule has 6 heteroatoms. The average Bonchev–Trinajstić information content (AvgIpc) is 3.12. The highest BCUT2D eigenvalue weighted by molar-refractivity contribution is 8.13. The number of thioether (sulfide) groups is 1. The van der Waals surface area contributed by atoms with Crippen LogP contribution >= 0.6 is 11.8 Å². The van der Waals surface area contributed by atoms with Crippen molar-refractivity contribution >= 4 is 34.0 Å². The number of benzene rings is 3. The predicted octanol–water partition coefficient (Wildman–Crippen LogP) is 5.85. The van der Waals surface area contributed by atoms with Crippen LogP contribution in [0.4, 0.5) is 11.4 Å². The number of fused-ring (bicyclic) bond motifs is 3. The molecular formula is C25H23N3O2S. The molecule has 0 amide bonds. The summed E-state index contributed by atoms with van der Waals surface area (Å²) in [6.07, 6.45) is 2.63. The van der Waals surface area contributed by atoms with Crippen LogP contribution in [-0.2, 0) is 10.6 Å². The zero-order valence-electron chi connectivity index (χ0n) is 17.7. The van der Waals surface area contributed by atoms with Crippen LogP contribution in [0.2, 0.25) is 0 Å². The van der Waals surface area contributed by atoms with Crippen LogP contribution < -0.4 is 9.64 Å². The third-order valence-electron chi connectivity index (χ3n) is 5.70. The second-order valence-corrected chi connectivity index (χ2v) is 8.48. The van der Waals surface area contributed by atoms with Crippen LogP contribution in [0.5, 0.6) is 5.75 Å². The smallest absolute Gasteiger partial charge is 0.247 e. The SMILES string of the molecule is COc1ccc(C23CC(SC)=Nc4ccccc4N2C(c2ccc(C)cc2)=NO3)cc1. The molecule has 0 radical (unpaired) electrons. The van der Waals surface area contributed by atoms with E-state index in [1.165, 1.54) is 5.56 Å². The second-order valence-electron chi connectivity index (χ2n) is 7.60. The molecular weight excluding hydrogens is 406 g/mol. The molecule has 0 aromatic heterocycles. The van der Waals surface area contributed by atoms with E-state index in [9.17, 15) is 0 Å². The summed E-state index contributed by atoms with van der Waals surface area (Å²) in [6, 6.07) is 24.6. The summed E-state index contributed by atoms with van der Waals surface area (Å²) in [5.74, 6) is 1.58. The minimum atomic E-state index is -0.832. The maximum absolute atomic E-state index is 6.35. The molecule has 156 valence electrons. The Labute approximate surface area is 186 Å². The Hall–Kier alpha value is -3.25. The molecule has 5 nitrogen and oxygen atoms in total. The highest BCUT2D eigenvalue weighted by Crippen LogP contribution is 2.49. The molecule has 2 aliphatic rings. The van der Waals surface area contributed by atoms with Crippen molar-refractivity contribution in [2.24, 2.45) is 10.1 Å². The first-order valence-corrected chi connectivity index (χ1v) is 11.4. The number of para-hydroxylation sites is 2. The van der Waals surface area contributed by atoms with E-state index in [1.54, 1.807) is 18.9 Å². The first-order chi connectivity index (χ1) is 15.1. The Morgan fingerprint density at radius 1 is 1.00 bits per heavy atom. The Morgan fingerprint density at radius 2 is 1.74 bits per heavy atom. The van der Waals surface area contributed by atoms with Gasteiger partial charge in [0.25, 0.3) is 0 Å². The van der Waals surface area contributed by atoms with Crippen molar-refractivity contribution in [1.29, 1.82) is 0 Å². The monoisotopic (exact) mass is 429 g/mol. The standard InChI is InChI=1S/C25H23N3O2S/c1-17-8-10-18(11-9-17)24-27-30-25(19-12-14-20(29-2)15-13-19)16-23(31-3)26-21-6-4-5-7-22(21)28(24)25/h4-15H,16H2,1-3H3. The van der Waals surface area contributed by atoms with Gasteiger partial charge in [0.05, 0.1) is 29.9 Å². The summed E-state index contributed by atoms with van der Waals surface area (Å²) in [5.41, 5.74) is 4.25. The number of rotatable bonds is 3. The molecule has 0 aliphatic carbocycles. The molecule has 3 aromatic carbocycles. The fourth-order valence-electron chi connectivity index (χ4n) is 4.06. The fourth-order valence-corrected chi connectivity index (χ4v) is 4.59. The van der Waals surface area contributed by atoms with Crippen molar-refractivity contribution < 1.29 is 9.57 Å². The van der Waals surface area contributed by atoms with E-state index in [4.69, 9.17) is 14.6 Å². The predicted molar refractivity (Wildman–Crippen MR) is 128 cm³/mol. The van der Waals surface area contributed by atoms with Crippen LogP contribution in [0, 0.1) is 6.92 Å². The zero-order valence-corrected chi connectivity index (χ0v) is 18.5. The van der Waals surface area contributed by atoms with Crippen LogP contribution in [0.1, 0.15) is 23.1 Å². The second kappa shape index (κ2) is 7.78. The number of hydrogen-bond donors (Lipinski definition) is 0. The lowest BCUT2D eigenvalue weighted by Gasteiger charge is -2.37. The number of hydrogen-bond acceptors (Lipinski definition) is 6. The van der Waals surface area contributed by atoms with Crippen LogP contribution in [-0.4, -0.2) is 24.2 Å². The van der Waals surface area contributed by atoms with Gasteiger partial charge in [0.2, 0.25) is 5.72 Å². The van der Waals surface area contributed by atoms with Crippen molar-refractivity contribution in [2.75, 3.05) is 18.3 Å². The summed E-state index contributed by atoms with van der Waals surface area (Å²) < 4.78 is 5.38. The van der Waals surface area contributed by atoms with E-state index in [1.807, 2.05) is 42.5 Å². The Balaban J connectivity index is 1.73. The number of nitrogens with zero attached hydrogens (tertiary/aromatic N) is 3. The number of amidine groups is 1. The number of aryl methyl sites for hydroxylation is 1. The molecule has 31 heavy (non-hydrogen) atoms. The number of oxime groups is 1. The molecule has 5 rings (SSSR count). The third kappa shape index (κ3) is 3.27. The van der Waals surface area contributed by atoms with E-state index in [2.05, 4.69) is 53.6 Å². The Morgan fingerprint density at radius 3 is 2.45 bits per heavy atom. The molecule has 0 saturated carbocycles. The molecule has 2 heterocycles. The van der Waals surface area contributed by atoms with E-state index in [0.717, 1.165) is 39.1 Å². The Bertz CT molecular complexity index is 1170. The van der Waals surface area contributed by atoms with Gasteiger partial charge in [-0.3, -0.25) is 4.90 Å². The zero-order chi connectivity index (χ0) is 21.4. The van der Waals surface area contributed by atoms with Crippen LogP contribution in [0.15, 0.2) is 82.9 Å². The first-order valence-electron chi connectivity index (χ1n) is 10.1. The molecule has 0 spiro atoms. The topological polar surface area (TPSA) is 46.4 Å². The normalized spacial score (nSPS) is 19.5. The van der Waals surface area contributed by atoms with Crippen molar-refractivity contribution in [3.63, 3.8) is 0 Å². The van der Waals surface area contributed by atoms with E-state index in [-0.39, 0.29) is 0 Å².